The van der Waals surface area contributed by atoms with Crippen LogP contribution in [-0.4, -0.2) is 18.4 Å². The molecule has 9 heavy (non-hydrogen) atoms. The zero-order valence-corrected chi connectivity index (χ0v) is 5.91. The SMILES string of the molecule is Cl.O=C1CC2CCNC12. The van der Waals surface area contributed by atoms with Crippen LogP contribution in [0.4, 0.5) is 0 Å². The van der Waals surface area contributed by atoms with Crippen molar-refractivity contribution in [3.8, 4) is 0 Å². The Kier molecular flexibility index (Phi) is 1.78. The second-order valence-corrected chi connectivity index (χ2v) is 2.65. The van der Waals surface area contributed by atoms with Gasteiger partial charge in [0, 0.05) is 6.42 Å². The van der Waals surface area contributed by atoms with Gasteiger partial charge in [-0.25, -0.2) is 0 Å². The Morgan fingerprint density at radius 1 is 1.56 bits per heavy atom. The maximum absolute atomic E-state index is 10.6. The van der Waals surface area contributed by atoms with E-state index in [1.54, 1.807) is 0 Å². The van der Waals surface area contributed by atoms with Crippen molar-refractivity contribution in [1.29, 1.82) is 0 Å². The Morgan fingerprint density at radius 2 is 2.33 bits per heavy atom. The molecule has 2 unspecified atom stereocenters. The lowest BCUT2D eigenvalue weighted by Crippen LogP contribution is -2.45. The van der Waals surface area contributed by atoms with Gasteiger partial charge in [-0.2, -0.15) is 0 Å². The van der Waals surface area contributed by atoms with E-state index in [2.05, 4.69) is 5.32 Å². The second kappa shape index (κ2) is 2.27. The summed E-state index contributed by atoms with van der Waals surface area (Å²) in [6.45, 7) is 1.06. The van der Waals surface area contributed by atoms with E-state index in [0.29, 0.717) is 11.7 Å². The molecule has 2 atom stereocenters. The number of halogens is 1. The van der Waals surface area contributed by atoms with E-state index in [9.17, 15) is 4.79 Å². The van der Waals surface area contributed by atoms with Crippen molar-refractivity contribution in [2.24, 2.45) is 5.92 Å². The molecule has 0 aromatic heterocycles. The average molecular weight is 148 g/mol. The standard InChI is InChI=1S/C6H9NO.ClH/c8-5-3-4-1-2-7-6(4)5;/h4,6-7H,1-3H2;1H. The van der Waals surface area contributed by atoms with Crippen molar-refractivity contribution < 1.29 is 4.79 Å². The predicted molar refractivity (Wildman–Crippen MR) is 36.8 cm³/mol. The van der Waals surface area contributed by atoms with Gasteiger partial charge in [0.15, 0.2) is 0 Å². The summed E-state index contributed by atoms with van der Waals surface area (Å²) in [6.07, 6.45) is 2.06. The first kappa shape index (κ1) is 7.03. The summed E-state index contributed by atoms with van der Waals surface area (Å²) < 4.78 is 0. The van der Waals surface area contributed by atoms with E-state index in [-0.39, 0.29) is 18.4 Å². The highest BCUT2D eigenvalue weighted by Crippen LogP contribution is 2.30. The largest absolute Gasteiger partial charge is 0.307 e. The molecule has 2 aliphatic rings. The number of fused-ring (bicyclic) bond motifs is 1. The van der Waals surface area contributed by atoms with Gasteiger partial charge in [-0.1, -0.05) is 0 Å². The van der Waals surface area contributed by atoms with E-state index in [4.69, 9.17) is 0 Å². The number of hydrogen-bond donors (Lipinski definition) is 1. The smallest absolute Gasteiger partial charge is 0.150 e. The molecule has 2 rings (SSSR count). The van der Waals surface area contributed by atoms with Crippen LogP contribution in [0.2, 0.25) is 0 Å². The van der Waals surface area contributed by atoms with Gasteiger partial charge in [0.05, 0.1) is 6.04 Å². The van der Waals surface area contributed by atoms with Gasteiger partial charge in [0.1, 0.15) is 5.78 Å². The highest BCUT2D eigenvalue weighted by Gasteiger charge is 2.42. The van der Waals surface area contributed by atoms with Crippen LogP contribution >= 0.6 is 12.4 Å². The Bertz CT molecular complexity index is 137. The third-order valence-electron chi connectivity index (χ3n) is 2.16. The van der Waals surface area contributed by atoms with E-state index < -0.39 is 0 Å². The van der Waals surface area contributed by atoms with Crippen LogP contribution in [0.5, 0.6) is 0 Å². The first-order valence-electron chi connectivity index (χ1n) is 3.14. The first-order chi connectivity index (χ1) is 3.88. The van der Waals surface area contributed by atoms with Crippen LogP contribution in [0, 0.1) is 5.92 Å². The van der Waals surface area contributed by atoms with Crippen molar-refractivity contribution in [3.05, 3.63) is 0 Å². The molecule has 1 heterocycles. The summed E-state index contributed by atoms with van der Waals surface area (Å²) in [7, 11) is 0. The van der Waals surface area contributed by atoms with Gasteiger partial charge in [-0.3, -0.25) is 4.79 Å². The van der Waals surface area contributed by atoms with E-state index in [0.717, 1.165) is 13.0 Å². The number of carbonyl (C=O) groups is 1. The Labute approximate surface area is 60.4 Å². The maximum Gasteiger partial charge on any atom is 0.150 e. The van der Waals surface area contributed by atoms with Crippen molar-refractivity contribution in [1.82, 2.24) is 5.32 Å². The molecule has 3 heteroatoms. The van der Waals surface area contributed by atoms with Crippen molar-refractivity contribution in [2.45, 2.75) is 18.9 Å². The molecule has 1 saturated carbocycles. The maximum atomic E-state index is 10.6. The third kappa shape index (κ3) is 0.864. The average Bonchev–Trinajstić information content (AvgIpc) is 2.09. The summed E-state index contributed by atoms with van der Waals surface area (Å²) in [5.74, 6) is 1.13. The van der Waals surface area contributed by atoms with Gasteiger partial charge < -0.3 is 5.32 Å². The summed E-state index contributed by atoms with van der Waals surface area (Å²) in [5, 5.41) is 3.16. The Morgan fingerprint density at radius 3 is 2.78 bits per heavy atom. The molecule has 2 nitrogen and oxygen atoms in total. The highest BCUT2D eigenvalue weighted by molar-refractivity contribution is 5.91. The molecule has 1 saturated heterocycles. The van der Waals surface area contributed by atoms with Crippen LogP contribution in [0.3, 0.4) is 0 Å². The lowest BCUT2D eigenvalue weighted by atomic mass is 9.79. The first-order valence-corrected chi connectivity index (χ1v) is 3.14. The fraction of sp³-hybridized carbons (Fsp3) is 0.833. The highest BCUT2D eigenvalue weighted by atomic mass is 35.5. The van der Waals surface area contributed by atoms with Crippen LogP contribution in [0.1, 0.15) is 12.8 Å². The molecule has 1 aliphatic carbocycles. The van der Waals surface area contributed by atoms with Gasteiger partial charge in [0.2, 0.25) is 0 Å². The van der Waals surface area contributed by atoms with Crippen molar-refractivity contribution >= 4 is 18.2 Å². The number of carbonyl (C=O) groups excluding carboxylic acids is 1. The Hall–Kier alpha value is -0.0800. The monoisotopic (exact) mass is 147 g/mol. The molecule has 0 radical (unpaired) electrons. The minimum Gasteiger partial charge on any atom is -0.307 e. The van der Waals surface area contributed by atoms with Crippen LogP contribution < -0.4 is 5.32 Å². The quantitative estimate of drug-likeness (QED) is 0.536. The molecule has 0 bridgehead atoms. The van der Waals surface area contributed by atoms with Crippen molar-refractivity contribution in [2.75, 3.05) is 6.54 Å². The van der Waals surface area contributed by atoms with Gasteiger partial charge in [0.25, 0.3) is 0 Å². The number of rotatable bonds is 0. The van der Waals surface area contributed by atoms with E-state index >= 15 is 0 Å². The number of ketones is 1. The number of hydrogen-bond acceptors (Lipinski definition) is 2. The fourth-order valence-corrected chi connectivity index (χ4v) is 1.58. The molecule has 0 aromatic rings. The van der Waals surface area contributed by atoms with Crippen LogP contribution in [-0.2, 0) is 4.79 Å². The molecule has 0 spiro atoms. The number of Topliss-reactive ketones (excluding diaryl/α,β-unsaturated/α-hetero) is 1. The van der Waals surface area contributed by atoms with E-state index in [1.807, 2.05) is 0 Å². The second-order valence-electron chi connectivity index (χ2n) is 2.65. The van der Waals surface area contributed by atoms with Crippen molar-refractivity contribution in [3.63, 3.8) is 0 Å². The summed E-state index contributed by atoms with van der Waals surface area (Å²) in [6, 6.07) is 0.273. The zero-order valence-electron chi connectivity index (χ0n) is 5.09. The van der Waals surface area contributed by atoms with Gasteiger partial charge >= 0.3 is 0 Å². The molecule has 0 amide bonds. The molecule has 1 aliphatic heterocycles. The minimum absolute atomic E-state index is 0. The molecule has 0 aromatic carbocycles. The zero-order chi connectivity index (χ0) is 5.56. The normalized spacial score (nSPS) is 38.9. The third-order valence-corrected chi connectivity index (χ3v) is 2.16. The summed E-state index contributed by atoms with van der Waals surface area (Å²) >= 11 is 0. The molecule has 52 valence electrons. The van der Waals surface area contributed by atoms with Crippen LogP contribution in [0.15, 0.2) is 0 Å². The summed E-state index contributed by atoms with van der Waals surface area (Å²) in [4.78, 5) is 10.6. The van der Waals surface area contributed by atoms with E-state index in [1.165, 1.54) is 6.42 Å². The molecular formula is C6H10ClNO. The molecule has 2 fully saturated rings. The summed E-state index contributed by atoms with van der Waals surface area (Å²) in [5.41, 5.74) is 0. The van der Waals surface area contributed by atoms with Gasteiger partial charge in [-0.05, 0) is 18.9 Å². The Balaban J connectivity index is 0.000000405. The van der Waals surface area contributed by atoms with Gasteiger partial charge in [-0.15, -0.1) is 12.4 Å². The lowest BCUT2D eigenvalue weighted by Gasteiger charge is -2.27. The fourth-order valence-electron chi connectivity index (χ4n) is 1.58. The number of nitrogens with one attached hydrogen (secondary N) is 1. The molecule has 1 N–H and O–H groups in total. The lowest BCUT2D eigenvalue weighted by molar-refractivity contribution is -0.128. The predicted octanol–water partition coefficient (Wildman–Crippen LogP) is 0.359. The topological polar surface area (TPSA) is 29.1 Å². The minimum atomic E-state index is 0. The van der Waals surface area contributed by atoms with Crippen LogP contribution in [0.25, 0.3) is 0 Å². The molecular weight excluding hydrogens is 138 g/mol.